The Morgan fingerprint density at radius 2 is 2.00 bits per heavy atom. The molecule has 2 N–H and O–H groups in total. The van der Waals surface area contributed by atoms with E-state index >= 15 is 0 Å². The highest BCUT2D eigenvalue weighted by atomic mass is 14.7. The van der Waals surface area contributed by atoms with E-state index in [2.05, 4.69) is 19.8 Å². The van der Waals surface area contributed by atoms with Gasteiger partial charge in [0.05, 0.1) is 0 Å². The molecule has 1 rings (SSSR count). The molecule has 0 atom stereocenters. The zero-order chi connectivity index (χ0) is 9.90. The molecule has 0 radical (unpaired) electrons. The third-order valence-corrected chi connectivity index (χ3v) is 3.42. The minimum absolute atomic E-state index is 0.0415. The van der Waals surface area contributed by atoms with Gasteiger partial charge in [0.1, 0.15) is 0 Å². The van der Waals surface area contributed by atoms with Gasteiger partial charge in [0.2, 0.25) is 0 Å². The lowest BCUT2D eigenvalue weighted by Crippen LogP contribution is -2.43. The van der Waals surface area contributed by atoms with Crippen molar-refractivity contribution in [3.05, 3.63) is 0 Å². The molecule has 1 nitrogen and oxygen atoms in total. The van der Waals surface area contributed by atoms with Crippen LogP contribution in [0.1, 0.15) is 46.0 Å². The van der Waals surface area contributed by atoms with Gasteiger partial charge in [0.25, 0.3) is 0 Å². The van der Waals surface area contributed by atoms with Crippen molar-refractivity contribution in [2.75, 3.05) is 0 Å². The highest BCUT2D eigenvalue weighted by Crippen LogP contribution is 2.35. The molecular formula is C12H21N. The van der Waals surface area contributed by atoms with Crippen LogP contribution in [0, 0.1) is 24.2 Å². The van der Waals surface area contributed by atoms with Gasteiger partial charge in [-0.2, -0.15) is 0 Å². The lowest BCUT2D eigenvalue weighted by atomic mass is 9.72. The lowest BCUT2D eigenvalue weighted by molar-refractivity contribution is 0.198. The first-order valence-corrected chi connectivity index (χ1v) is 5.30. The fourth-order valence-electron chi connectivity index (χ4n) is 2.26. The Hall–Kier alpha value is -0.480. The summed E-state index contributed by atoms with van der Waals surface area (Å²) in [5.74, 6) is 4.37. The van der Waals surface area contributed by atoms with Crippen LogP contribution in [0.5, 0.6) is 0 Å². The van der Waals surface area contributed by atoms with Crippen molar-refractivity contribution >= 4 is 0 Å². The number of terminal acetylenes is 1. The van der Waals surface area contributed by atoms with Gasteiger partial charge in [-0.15, -0.1) is 12.3 Å². The molecule has 0 spiro atoms. The van der Waals surface area contributed by atoms with E-state index in [9.17, 15) is 0 Å². The third-order valence-electron chi connectivity index (χ3n) is 3.42. The molecule has 0 amide bonds. The lowest BCUT2D eigenvalue weighted by Gasteiger charge is -2.37. The molecule has 0 heterocycles. The molecule has 13 heavy (non-hydrogen) atoms. The maximum absolute atomic E-state index is 6.19. The van der Waals surface area contributed by atoms with Crippen LogP contribution < -0.4 is 5.73 Å². The van der Waals surface area contributed by atoms with Crippen molar-refractivity contribution in [2.45, 2.75) is 51.5 Å². The normalized spacial score (nSPS) is 34.5. The summed E-state index contributed by atoms with van der Waals surface area (Å²) in [6.07, 6.45) is 10.8. The molecule has 0 unspecified atom stereocenters. The second-order valence-corrected chi connectivity index (χ2v) is 4.82. The van der Waals surface area contributed by atoms with Crippen LogP contribution in [0.25, 0.3) is 0 Å². The topological polar surface area (TPSA) is 26.0 Å². The highest BCUT2D eigenvalue weighted by Gasteiger charge is 2.31. The fraction of sp³-hybridized carbons (Fsp3) is 0.833. The molecule has 0 aromatic rings. The van der Waals surface area contributed by atoms with Crippen molar-refractivity contribution < 1.29 is 0 Å². The Morgan fingerprint density at radius 3 is 2.38 bits per heavy atom. The summed E-state index contributed by atoms with van der Waals surface area (Å²) in [5, 5.41) is 0. The van der Waals surface area contributed by atoms with E-state index in [0.717, 1.165) is 31.1 Å². The van der Waals surface area contributed by atoms with Crippen LogP contribution in [-0.2, 0) is 0 Å². The zero-order valence-corrected chi connectivity index (χ0v) is 8.84. The molecule has 1 fully saturated rings. The molecular weight excluding hydrogens is 158 g/mol. The molecule has 0 aliphatic heterocycles. The standard InChI is InChI=1S/C12H21N/c1-4-7-12(13)8-5-11(6-9-12)10(2)3/h1,10-11H,5-9,13H2,2-3H3. The van der Waals surface area contributed by atoms with Gasteiger partial charge in [-0.05, 0) is 37.5 Å². The van der Waals surface area contributed by atoms with Gasteiger partial charge >= 0.3 is 0 Å². The largest absolute Gasteiger partial charge is 0.324 e. The first-order chi connectivity index (χ1) is 6.07. The van der Waals surface area contributed by atoms with Gasteiger partial charge in [0.15, 0.2) is 0 Å². The summed E-state index contributed by atoms with van der Waals surface area (Å²) in [7, 11) is 0. The van der Waals surface area contributed by atoms with Gasteiger partial charge in [-0.3, -0.25) is 0 Å². The van der Waals surface area contributed by atoms with Crippen LogP contribution in [0.2, 0.25) is 0 Å². The van der Waals surface area contributed by atoms with Gasteiger partial charge < -0.3 is 5.73 Å². The SMILES string of the molecule is C#CCC1(N)CCC(C(C)C)CC1. The van der Waals surface area contributed by atoms with Crippen molar-refractivity contribution in [3.63, 3.8) is 0 Å². The number of hydrogen-bond donors (Lipinski definition) is 1. The van der Waals surface area contributed by atoms with Crippen molar-refractivity contribution in [3.8, 4) is 12.3 Å². The van der Waals surface area contributed by atoms with E-state index < -0.39 is 0 Å². The first-order valence-electron chi connectivity index (χ1n) is 5.30. The van der Waals surface area contributed by atoms with Gasteiger partial charge in [-0.1, -0.05) is 13.8 Å². The fourth-order valence-corrected chi connectivity index (χ4v) is 2.26. The highest BCUT2D eigenvalue weighted by molar-refractivity contribution is 5.00. The molecule has 74 valence electrons. The van der Waals surface area contributed by atoms with Crippen LogP contribution >= 0.6 is 0 Å². The molecule has 1 aliphatic rings. The average molecular weight is 179 g/mol. The second kappa shape index (κ2) is 4.15. The average Bonchev–Trinajstić information content (AvgIpc) is 2.05. The van der Waals surface area contributed by atoms with Gasteiger partial charge in [0, 0.05) is 12.0 Å². The van der Waals surface area contributed by atoms with E-state index in [1.165, 1.54) is 12.8 Å². The third kappa shape index (κ3) is 2.74. The number of rotatable bonds is 2. The second-order valence-electron chi connectivity index (χ2n) is 4.82. The maximum Gasteiger partial charge on any atom is 0.0267 e. The minimum atomic E-state index is -0.0415. The van der Waals surface area contributed by atoms with E-state index in [-0.39, 0.29) is 5.54 Å². The van der Waals surface area contributed by atoms with Crippen LogP contribution in [-0.4, -0.2) is 5.54 Å². The Morgan fingerprint density at radius 1 is 1.46 bits per heavy atom. The van der Waals surface area contributed by atoms with Crippen molar-refractivity contribution in [2.24, 2.45) is 17.6 Å². The molecule has 0 saturated heterocycles. The van der Waals surface area contributed by atoms with E-state index in [4.69, 9.17) is 12.2 Å². The number of nitrogens with two attached hydrogens (primary N) is 1. The Kier molecular flexibility index (Phi) is 3.39. The predicted octanol–water partition coefficient (Wildman–Crippen LogP) is 2.55. The summed E-state index contributed by atoms with van der Waals surface area (Å²) in [4.78, 5) is 0. The van der Waals surface area contributed by atoms with E-state index in [1.54, 1.807) is 0 Å². The first kappa shape index (κ1) is 10.6. The van der Waals surface area contributed by atoms with Crippen molar-refractivity contribution in [1.82, 2.24) is 0 Å². The summed E-state index contributed by atoms with van der Waals surface area (Å²) in [6, 6.07) is 0. The molecule has 0 bridgehead atoms. The summed E-state index contributed by atoms with van der Waals surface area (Å²) < 4.78 is 0. The predicted molar refractivity (Wildman–Crippen MR) is 57.2 cm³/mol. The molecule has 1 aliphatic carbocycles. The quantitative estimate of drug-likeness (QED) is 0.648. The monoisotopic (exact) mass is 179 g/mol. The Labute approximate surface area is 82.1 Å². The summed E-state index contributed by atoms with van der Waals surface area (Å²) >= 11 is 0. The Bertz CT molecular complexity index is 192. The van der Waals surface area contributed by atoms with Gasteiger partial charge in [-0.25, -0.2) is 0 Å². The smallest absolute Gasteiger partial charge is 0.0267 e. The zero-order valence-electron chi connectivity index (χ0n) is 8.84. The van der Waals surface area contributed by atoms with E-state index in [1.807, 2.05) is 0 Å². The molecule has 1 saturated carbocycles. The van der Waals surface area contributed by atoms with Crippen molar-refractivity contribution in [1.29, 1.82) is 0 Å². The Balaban J connectivity index is 2.43. The van der Waals surface area contributed by atoms with Crippen LogP contribution in [0.15, 0.2) is 0 Å². The molecule has 1 heteroatoms. The number of hydrogen-bond acceptors (Lipinski definition) is 1. The van der Waals surface area contributed by atoms with E-state index in [0.29, 0.717) is 0 Å². The minimum Gasteiger partial charge on any atom is -0.324 e. The van der Waals surface area contributed by atoms with Crippen LogP contribution in [0.4, 0.5) is 0 Å². The van der Waals surface area contributed by atoms with Crippen LogP contribution in [0.3, 0.4) is 0 Å². The maximum atomic E-state index is 6.19. The summed E-state index contributed by atoms with van der Waals surface area (Å²) in [6.45, 7) is 4.60. The molecule has 0 aromatic carbocycles. The molecule has 0 aromatic heterocycles. The summed E-state index contributed by atoms with van der Waals surface area (Å²) in [5.41, 5.74) is 6.15.